The van der Waals surface area contributed by atoms with Gasteiger partial charge in [-0.1, -0.05) is 13.3 Å². The summed E-state index contributed by atoms with van der Waals surface area (Å²) in [4.78, 5) is 11.9. The van der Waals surface area contributed by atoms with Crippen LogP contribution in [0.1, 0.15) is 30.1 Å². The molecule has 5 nitrogen and oxygen atoms in total. The Hall–Kier alpha value is -1.75. The highest BCUT2D eigenvalue weighted by atomic mass is 16.5. The number of methoxy groups -OCH3 is 2. The van der Waals surface area contributed by atoms with E-state index in [1.54, 1.807) is 32.4 Å². The minimum absolute atomic E-state index is 0.152. The number of hydrogen-bond acceptors (Lipinski definition) is 4. The first-order chi connectivity index (χ1) is 9.72. The molecule has 0 fully saturated rings. The molecular weight excluding hydrogens is 258 g/mol. The maximum atomic E-state index is 11.9. The Morgan fingerprint density at radius 3 is 2.65 bits per heavy atom. The summed E-state index contributed by atoms with van der Waals surface area (Å²) >= 11 is 0. The van der Waals surface area contributed by atoms with Gasteiger partial charge in [-0.15, -0.1) is 0 Å². The molecule has 1 N–H and O–H groups in total. The molecule has 20 heavy (non-hydrogen) atoms. The van der Waals surface area contributed by atoms with Crippen molar-refractivity contribution in [1.82, 2.24) is 5.32 Å². The third-order valence-electron chi connectivity index (χ3n) is 2.77. The first-order valence-corrected chi connectivity index (χ1v) is 6.80. The molecule has 0 aliphatic rings. The van der Waals surface area contributed by atoms with E-state index >= 15 is 0 Å². The van der Waals surface area contributed by atoms with Crippen molar-refractivity contribution in [3.8, 4) is 11.5 Å². The lowest BCUT2D eigenvalue weighted by Crippen LogP contribution is -2.26. The Labute approximate surface area is 120 Å². The Morgan fingerprint density at radius 2 is 2.00 bits per heavy atom. The molecule has 0 aliphatic heterocycles. The van der Waals surface area contributed by atoms with E-state index < -0.39 is 0 Å². The summed E-state index contributed by atoms with van der Waals surface area (Å²) in [5, 5.41) is 2.76. The first kappa shape index (κ1) is 16.3. The number of nitrogens with one attached hydrogen (secondary N) is 1. The lowest BCUT2D eigenvalue weighted by molar-refractivity contribution is 0.0936. The second-order valence-corrected chi connectivity index (χ2v) is 4.32. The van der Waals surface area contributed by atoms with E-state index in [4.69, 9.17) is 14.2 Å². The minimum Gasteiger partial charge on any atom is -0.493 e. The molecule has 1 aromatic carbocycles. The van der Waals surface area contributed by atoms with Gasteiger partial charge in [-0.3, -0.25) is 4.79 Å². The van der Waals surface area contributed by atoms with Gasteiger partial charge in [0.15, 0.2) is 11.5 Å². The molecule has 1 amide bonds. The number of rotatable bonds is 9. The van der Waals surface area contributed by atoms with E-state index in [2.05, 4.69) is 12.2 Å². The number of unbranched alkanes of at least 4 members (excludes halogenated alkanes) is 1. The SMILES string of the molecule is CCCCOc1ccc(C(=O)NCCOC)cc1OC. The molecular formula is C15H23NO4. The van der Waals surface area contributed by atoms with E-state index in [-0.39, 0.29) is 5.91 Å². The Bertz CT molecular complexity index is 420. The van der Waals surface area contributed by atoms with Crippen molar-refractivity contribution in [3.63, 3.8) is 0 Å². The van der Waals surface area contributed by atoms with Crippen molar-refractivity contribution in [2.45, 2.75) is 19.8 Å². The molecule has 0 aromatic heterocycles. The molecule has 0 spiro atoms. The highest BCUT2D eigenvalue weighted by Gasteiger charge is 2.10. The van der Waals surface area contributed by atoms with E-state index in [1.165, 1.54) is 0 Å². The predicted octanol–water partition coefficient (Wildman–Crippen LogP) is 2.25. The topological polar surface area (TPSA) is 56.8 Å². The fraction of sp³-hybridized carbons (Fsp3) is 0.533. The van der Waals surface area contributed by atoms with E-state index in [0.29, 0.717) is 36.8 Å². The van der Waals surface area contributed by atoms with Crippen LogP contribution in [-0.4, -0.2) is 39.9 Å². The van der Waals surface area contributed by atoms with Crippen LogP contribution < -0.4 is 14.8 Å². The van der Waals surface area contributed by atoms with Crippen LogP contribution in [0.2, 0.25) is 0 Å². The maximum Gasteiger partial charge on any atom is 0.251 e. The third kappa shape index (κ3) is 5.09. The summed E-state index contributed by atoms with van der Waals surface area (Å²) in [7, 11) is 3.16. The van der Waals surface area contributed by atoms with Gasteiger partial charge in [-0.25, -0.2) is 0 Å². The van der Waals surface area contributed by atoms with Crippen LogP contribution in [0, 0.1) is 0 Å². The van der Waals surface area contributed by atoms with Gasteiger partial charge in [0.25, 0.3) is 5.91 Å². The third-order valence-corrected chi connectivity index (χ3v) is 2.77. The summed E-state index contributed by atoms with van der Waals surface area (Å²) in [6.07, 6.45) is 2.06. The van der Waals surface area contributed by atoms with E-state index in [0.717, 1.165) is 12.8 Å². The second kappa shape index (κ2) is 9.20. The maximum absolute atomic E-state index is 11.9. The molecule has 0 aliphatic carbocycles. The Balaban J connectivity index is 2.68. The van der Waals surface area contributed by atoms with Crippen molar-refractivity contribution in [1.29, 1.82) is 0 Å². The van der Waals surface area contributed by atoms with Gasteiger partial charge in [-0.05, 0) is 24.6 Å². The van der Waals surface area contributed by atoms with Crippen LogP contribution in [0.15, 0.2) is 18.2 Å². The molecule has 0 bridgehead atoms. The zero-order valence-corrected chi connectivity index (χ0v) is 12.4. The largest absolute Gasteiger partial charge is 0.493 e. The highest BCUT2D eigenvalue weighted by Crippen LogP contribution is 2.28. The van der Waals surface area contributed by atoms with Crippen molar-refractivity contribution < 1.29 is 19.0 Å². The molecule has 5 heteroatoms. The molecule has 1 rings (SSSR count). The van der Waals surface area contributed by atoms with E-state index in [1.807, 2.05) is 0 Å². The van der Waals surface area contributed by atoms with Crippen LogP contribution in [0.5, 0.6) is 11.5 Å². The summed E-state index contributed by atoms with van der Waals surface area (Å²) in [5.74, 6) is 1.08. The first-order valence-electron chi connectivity index (χ1n) is 6.80. The molecule has 0 saturated heterocycles. The molecule has 0 radical (unpaired) electrons. The van der Waals surface area contributed by atoms with Crippen LogP contribution in [0.3, 0.4) is 0 Å². The van der Waals surface area contributed by atoms with Crippen LogP contribution in [-0.2, 0) is 4.74 Å². The molecule has 0 heterocycles. The lowest BCUT2D eigenvalue weighted by Gasteiger charge is -2.12. The van der Waals surface area contributed by atoms with Crippen molar-refractivity contribution in [2.75, 3.05) is 34.0 Å². The fourth-order valence-electron chi connectivity index (χ4n) is 1.62. The van der Waals surface area contributed by atoms with Gasteiger partial charge in [-0.2, -0.15) is 0 Å². The van der Waals surface area contributed by atoms with Gasteiger partial charge in [0.2, 0.25) is 0 Å². The highest BCUT2D eigenvalue weighted by molar-refractivity contribution is 5.94. The molecule has 0 saturated carbocycles. The summed E-state index contributed by atoms with van der Waals surface area (Å²) in [6.45, 7) is 3.72. The standard InChI is InChI=1S/C15H23NO4/c1-4-5-9-20-13-7-6-12(11-14(13)19-3)15(17)16-8-10-18-2/h6-7,11H,4-5,8-10H2,1-3H3,(H,16,17). The Kier molecular flexibility index (Phi) is 7.50. The normalized spacial score (nSPS) is 10.2. The van der Waals surface area contributed by atoms with Crippen LogP contribution >= 0.6 is 0 Å². The zero-order chi connectivity index (χ0) is 14.8. The van der Waals surface area contributed by atoms with Gasteiger partial charge in [0.05, 0.1) is 20.3 Å². The van der Waals surface area contributed by atoms with Crippen molar-refractivity contribution in [3.05, 3.63) is 23.8 Å². The average molecular weight is 281 g/mol. The molecule has 1 aromatic rings. The van der Waals surface area contributed by atoms with Gasteiger partial charge >= 0.3 is 0 Å². The number of carbonyl (C=O) groups excluding carboxylic acids is 1. The zero-order valence-electron chi connectivity index (χ0n) is 12.4. The van der Waals surface area contributed by atoms with Crippen molar-refractivity contribution in [2.24, 2.45) is 0 Å². The molecule has 0 unspecified atom stereocenters. The number of carbonyl (C=O) groups is 1. The molecule has 0 atom stereocenters. The number of hydrogen-bond donors (Lipinski definition) is 1. The lowest BCUT2D eigenvalue weighted by atomic mass is 10.2. The quantitative estimate of drug-likeness (QED) is 0.705. The van der Waals surface area contributed by atoms with Crippen molar-refractivity contribution >= 4 is 5.91 Å². The average Bonchev–Trinajstić information content (AvgIpc) is 2.47. The molecule has 112 valence electrons. The summed E-state index contributed by atoms with van der Waals surface area (Å²) in [5.41, 5.74) is 0.542. The summed E-state index contributed by atoms with van der Waals surface area (Å²) < 4.78 is 15.8. The number of amides is 1. The fourth-order valence-corrected chi connectivity index (χ4v) is 1.62. The Morgan fingerprint density at radius 1 is 1.20 bits per heavy atom. The summed E-state index contributed by atoms with van der Waals surface area (Å²) in [6, 6.07) is 5.18. The number of ether oxygens (including phenoxy) is 3. The monoisotopic (exact) mass is 281 g/mol. The van der Waals surface area contributed by atoms with Gasteiger partial charge < -0.3 is 19.5 Å². The van der Waals surface area contributed by atoms with Crippen LogP contribution in [0.25, 0.3) is 0 Å². The predicted molar refractivity (Wildman–Crippen MR) is 77.6 cm³/mol. The van der Waals surface area contributed by atoms with Crippen LogP contribution in [0.4, 0.5) is 0 Å². The van der Waals surface area contributed by atoms with Gasteiger partial charge in [0, 0.05) is 19.2 Å². The number of benzene rings is 1. The second-order valence-electron chi connectivity index (χ2n) is 4.32. The van der Waals surface area contributed by atoms with E-state index in [9.17, 15) is 4.79 Å². The minimum atomic E-state index is -0.152. The smallest absolute Gasteiger partial charge is 0.251 e. The van der Waals surface area contributed by atoms with Gasteiger partial charge in [0.1, 0.15) is 0 Å².